The van der Waals surface area contributed by atoms with Crippen LogP contribution in [-0.2, 0) is 12.0 Å². The predicted octanol–water partition coefficient (Wildman–Crippen LogP) is 4.07. The maximum atomic E-state index is 5.02. The Labute approximate surface area is 125 Å². The summed E-state index contributed by atoms with van der Waals surface area (Å²) in [5, 5.41) is 4.53. The van der Waals surface area contributed by atoms with Crippen LogP contribution in [0.4, 0.5) is 0 Å². The Balaban J connectivity index is 1.99. The maximum Gasteiger partial charge on any atom is 0.103 e. The van der Waals surface area contributed by atoms with Gasteiger partial charge in [0.05, 0.1) is 5.69 Å². The molecule has 0 saturated heterocycles. The van der Waals surface area contributed by atoms with Crippen LogP contribution >= 0.6 is 11.3 Å². The lowest BCUT2D eigenvalue weighted by atomic mass is 9.85. The van der Waals surface area contributed by atoms with Crippen LogP contribution in [0.1, 0.15) is 53.7 Å². The minimum Gasteiger partial charge on any atom is -0.315 e. The van der Waals surface area contributed by atoms with Crippen molar-refractivity contribution < 1.29 is 0 Å². The Morgan fingerprint density at radius 3 is 2.55 bits per heavy atom. The molecule has 1 fully saturated rings. The molecule has 0 atom stereocenters. The van der Waals surface area contributed by atoms with Crippen LogP contribution in [-0.4, -0.2) is 12.0 Å². The summed E-state index contributed by atoms with van der Waals surface area (Å²) in [5.74, 6) is 0.718. The summed E-state index contributed by atoms with van der Waals surface area (Å²) in [6, 6.07) is 10.7. The van der Waals surface area contributed by atoms with Crippen LogP contribution in [0.5, 0.6) is 0 Å². The minimum atomic E-state index is -0.0123. The molecule has 2 aromatic rings. The minimum absolute atomic E-state index is 0.0123. The first-order valence-corrected chi connectivity index (χ1v) is 8.14. The van der Waals surface area contributed by atoms with Gasteiger partial charge in [-0.1, -0.05) is 30.3 Å². The Kier molecular flexibility index (Phi) is 3.65. The summed E-state index contributed by atoms with van der Waals surface area (Å²) in [6.07, 6.45) is 2.62. The van der Waals surface area contributed by atoms with E-state index in [9.17, 15) is 0 Å². The van der Waals surface area contributed by atoms with Crippen LogP contribution < -0.4 is 5.32 Å². The molecule has 0 aliphatic heterocycles. The van der Waals surface area contributed by atoms with Crippen molar-refractivity contribution in [2.75, 3.05) is 7.05 Å². The van der Waals surface area contributed by atoms with Gasteiger partial charge in [0.2, 0.25) is 0 Å². The molecule has 2 nitrogen and oxygen atoms in total. The van der Waals surface area contributed by atoms with Crippen LogP contribution in [0, 0.1) is 0 Å². The normalized spacial score (nSPS) is 15.6. The molecule has 20 heavy (non-hydrogen) atoms. The van der Waals surface area contributed by atoms with Gasteiger partial charge in [0.25, 0.3) is 0 Å². The zero-order valence-electron chi connectivity index (χ0n) is 12.4. The number of benzene rings is 1. The third kappa shape index (κ3) is 2.52. The van der Waals surface area contributed by atoms with Crippen LogP contribution in [0.2, 0.25) is 0 Å². The Hall–Kier alpha value is -1.19. The van der Waals surface area contributed by atoms with Crippen molar-refractivity contribution >= 4 is 11.3 Å². The standard InChI is InChI=1S/C17H22N2S/c1-17(2,13-7-5-4-6-8-13)16-19-15(12-9-10-12)14(20-16)11-18-3/h4-8,12,18H,9-11H2,1-3H3. The Morgan fingerprint density at radius 1 is 1.25 bits per heavy atom. The van der Waals surface area contributed by atoms with Gasteiger partial charge < -0.3 is 5.32 Å². The lowest BCUT2D eigenvalue weighted by Crippen LogP contribution is -2.18. The second kappa shape index (κ2) is 5.30. The first-order chi connectivity index (χ1) is 9.63. The van der Waals surface area contributed by atoms with E-state index in [1.54, 1.807) is 0 Å². The highest BCUT2D eigenvalue weighted by atomic mass is 32.1. The molecule has 0 unspecified atom stereocenters. The number of nitrogens with one attached hydrogen (secondary N) is 1. The van der Waals surface area contributed by atoms with Gasteiger partial charge in [0.15, 0.2) is 0 Å². The average molecular weight is 286 g/mol. The molecule has 3 rings (SSSR count). The summed E-state index contributed by atoms with van der Waals surface area (Å²) >= 11 is 1.88. The van der Waals surface area contributed by atoms with Gasteiger partial charge in [0.1, 0.15) is 5.01 Å². The predicted molar refractivity (Wildman–Crippen MR) is 85.4 cm³/mol. The number of rotatable bonds is 5. The number of nitrogens with zero attached hydrogens (tertiary/aromatic N) is 1. The van der Waals surface area contributed by atoms with Crippen molar-refractivity contribution in [2.24, 2.45) is 0 Å². The molecule has 1 N–H and O–H groups in total. The van der Waals surface area contributed by atoms with Crippen molar-refractivity contribution in [2.45, 2.75) is 44.6 Å². The topological polar surface area (TPSA) is 24.9 Å². The molecule has 0 bridgehead atoms. The van der Waals surface area contributed by atoms with Crippen LogP contribution in [0.3, 0.4) is 0 Å². The molecule has 1 aromatic heterocycles. The number of thiazole rings is 1. The highest BCUT2D eigenvalue weighted by molar-refractivity contribution is 7.12. The molecule has 0 amide bonds. The van der Waals surface area contributed by atoms with Crippen molar-refractivity contribution in [1.82, 2.24) is 10.3 Å². The second-order valence-electron chi connectivity index (χ2n) is 6.12. The van der Waals surface area contributed by atoms with E-state index < -0.39 is 0 Å². The highest BCUT2D eigenvalue weighted by Crippen LogP contribution is 2.45. The number of aromatic nitrogens is 1. The van der Waals surface area contributed by atoms with Gasteiger partial charge in [-0.15, -0.1) is 11.3 Å². The fourth-order valence-corrected chi connectivity index (χ4v) is 3.86. The largest absolute Gasteiger partial charge is 0.315 e. The zero-order chi connectivity index (χ0) is 14.2. The summed E-state index contributed by atoms with van der Waals surface area (Å²) in [6.45, 7) is 5.50. The van der Waals surface area contributed by atoms with E-state index in [0.29, 0.717) is 0 Å². The summed E-state index contributed by atoms with van der Waals surface area (Å²) in [5.41, 5.74) is 2.68. The van der Waals surface area contributed by atoms with Crippen molar-refractivity contribution in [3.05, 3.63) is 51.5 Å². The molecule has 3 heteroatoms. The molecule has 1 heterocycles. The third-order valence-corrected chi connectivity index (χ3v) is 5.45. The second-order valence-corrected chi connectivity index (χ2v) is 7.21. The lowest BCUT2D eigenvalue weighted by molar-refractivity contribution is 0.631. The summed E-state index contributed by atoms with van der Waals surface area (Å²) < 4.78 is 0. The number of hydrogen-bond donors (Lipinski definition) is 1. The van der Waals surface area contributed by atoms with E-state index in [-0.39, 0.29) is 5.41 Å². The fourth-order valence-electron chi connectivity index (χ4n) is 2.57. The van der Waals surface area contributed by atoms with Gasteiger partial charge in [0, 0.05) is 22.8 Å². The van der Waals surface area contributed by atoms with E-state index in [4.69, 9.17) is 4.98 Å². The van der Waals surface area contributed by atoms with Gasteiger partial charge in [-0.25, -0.2) is 4.98 Å². The van der Waals surface area contributed by atoms with E-state index in [2.05, 4.69) is 49.5 Å². The average Bonchev–Trinajstić information content (AvgIpc) is 3.21. The van der Waals surface area contributed by atoms with E-state index >= 15 is 0 Å². The van der Waals surface area contributed by atoms with Crippen LogP contribution in [0.15, 0.2) is 30.3 Å². The molecular weight excluding hydrogens is 264 g/mol. The molecule has 1 aromatic carbocycles. The summed E-state index contributed by atoms with van der Waals surface area (Å²) in [7, 11) is 2.01. The van der Waals surface area contributed by atoms with Crippen LogP contribution in [0.25, 0.3) is 0 Å². The van der Waals surface area contributed by atoms with E-state index in [0.717, 1.165) is 12.5 Å². The maximum absolute atomic E-state index is 5.02. The Morgan fingerprint density at radius 2 is 1.95 bits per heavy atom. The van der Waals surface area contributed by atoms with Gasteiger partial charge in [-0.3, -0.25) is 0 Å². The molecule has 0 spiro atoms. The molecule has 1 aliphatic carbocycles. The summed E-state index contributed by atoms with van der Waals surface area (Å²) in [4.78, 5) is 6.44. The fraction of sp³-hybridized carbons (Fsp3) is 0.471. The first kappa shape index (κ1) is 13.8. The Bertz CT molecular complexity index is 582. The third-order valence-electron chi connectivity index (χ3n) is 4.06. The lowest BCUT2D eigenvalue weighted by Gasteiger charge is -2.22. The van der Waals surface area contributed by atoms with Gasteiger partial charge >= 0.3 is 0 Å². The monoisotopic (exact) mass is 286 g/mol. The molecule has 0 radical (unpaired) electrons. The number of hydrogen-bond acceptors (Lipinski definition) is 3. The van der Waals surface area contributed by atoms with Gasteiger partial charge in [-0.2, -0.15) is 0 Å². The highest BCUT2D eigenvalue weighted by Gasteiger charge is 2.33. The van der Waals surface area contributed by atoms with Crippen molar-refractivity contribution in [3.8, 4) is 0 Å². The molecule has 106 valence electrons. The SMILES string of the molecule is CNCc1sc(C(C)(C)c2ccccc2)nc1C1CC1. The van der Waals surface area contributed by atoms with E-state index in [1.165, 1.54) is 34.0 Å². The van der Waals surface area contributed by atoms with Crippen molar-refractivity contribution in [3.63, 3.8) is 0 Å². The zero-order valence-corrected chi connectivity index (χ0v) is 13.3. The molecule has 1 saturated carbocycles. The molecular formula is C17H22N2S. The molecule has 1 aliphatic rings. The van der Waals surface area contributed by atoms with Gasteiger partial charge in [-0.05, 0) is 39.3 Å². The van der Waals surface area contributed by atoms with E-state index in [1.807, 2.05) is 18.4 Å². The quantitative estimate of drug-likeness (QED) is 0.896. The van der Waals surface area contributed by atoms with Crippen molar-refractivity contribution in [1.29, 1.82) is 0 Å². The smallest absolute Gasteiger partial charge is 0.103 e. The first-order valence-electron chi connectivity index (χ1n) is 7.33.